The summed E-state index contributed by atoms with van der Waals surface area (Å²) in [7, 11) is 1.56. The summed E-state index contributed by atoms with van der Waals surface area (Å²) in [6.07, 6.45) is 10.4. The Hall–Kier alpha value is -2.67. The van der Waals surface area contributed by atoms with E-state index in [-0.39, 0.29) is 29.0 Å². The second-order valence-corrected chi connectivity index (χ2v) is 13.0. The Kier molecular flexibility index (Phi) is 6.29. The zero-order chi connectivity index (χ0) is 26.6. The van der Waals surface area contributed by atoms with Crippen molar-refractivity contribution in [2.45, 2.75) is 91.2 Å². The number of hydrogen-bond donors (Lipinski definition) is 2. The van der Waals surface area contributed by atoms with E-state index in [0.717, 1.165) is 37.3 Å². The third-order valence-electron chi connectivity index (χ3n) is 9.08. The number of rotatable bonds is 9. The Morgan fingerprint density at radius 1 is 1.05 bits per heavy atom. The van der Waals surface area contributed by atoms with Crippen LogP contribution in [-0.4, -0.2) is 45.8 Å². The van der Waals surface area contributed by atoms with Crippen molar-refractivity contribution in [3.63, 3.8) is 0 Å². The van der Waals surface area contributed by atoms with Gasteiger partial charge in [-0.05, 0) is 80.2 Å². The number of nitrogens with one attached hydrogen (secondary N) is 1. The maximum atomic E-state index is 12.1. The van der Waals surface area contributed by atoms with Crippen molar-refractivity contribution < 1.29 is 19.4 Å². The average Bonchev–Trinajstić information content (AvgIpc) is 3.14. The first-order valence-electron chi connectivity index (χ1n) is 13.7. The number of ether oxygens (including phenoxy) is 1. The van der Waals surface area contributed by atoms with Crippen LogP contribution in [0.4, 0.5) is 0 Å². The van der Waals surface area contributed by atoms with E-state index in [1.165, 1.54) is 32.1 Å². The molecule has 7 nitrogen and oxygen atoms in total. The van der Waals surface area contributed by atoms with Crippen molar-refractivity contribution >= 4 is 11.9 Å². The Balaban J connectivity index is 1.46. The predicted octanol–water partition coefficient (Wildman–Crippen LogP) is 5.39. The molecule has 0 radical (unpaired) electrons. The van der Waals surface area contributed by atoms with E-state index >= 15 is 0 Å². The molecule has 4 aliphatic carbocycles. The van der Waals surface area contributed by atoms with Gasteiger partial charge in [-0.2, -0.15) is 0 Å². The summed E-state index contributed by atoms with van der Waals surface area (Å²) < 4.78 is 8.99. The lowest BCUT2D eigenvalue weighted by atomic mass is 9.39. The lowest BCUT2D eigenvalue weighted by Crippen LogP contribution is -2.64. The number of aromatic carboxylic acids is 1. The minimum atomic E-state index is -1.09. The van der Waals surface area contributed by atoms with Gasteiger partial charge in [0, 0.05) is 43.2 Å². The summed E-state index contributed by atoms with van der Waals surface area (Å²) >= 11 is 0. The van der Waals surface area contributed by atoms with Crippen molar-refractivity contribution in [2.24, 2.45) is 16.2 Å². The maximum Gasteiger partial charge on any atom is 0.355 e. The topological polar surface area (TPSA) is 93.5 Å². The Morgan fingerprint density at radius 2 is 1.76 bits per heavy atom. The van der Waals surface area contributed by atoms with E-state index in [2.05, 4.69) is 48.8 Å². The monoisotopic (exact) mass is 507 g/mol. The molecule has 7 heteroatoms. The summed E-state index contributed by atoms with van der Waals surface area (Å²) in [6, 6.07) is 5.57. The van der Waals surface area contributed by atoms with Crippen molar-refractivity contribution in [1.82, 2.24) is 14.9 Å². The van der Waals surface area contributed by atoms with Gasteiger partial charge in [0.2, 0.25) is 5.91 Å². The van der Waals surface area contributed by atoms with Gasteiger partial charge in [-0.3, -0.25) is 4.79 Å². The molecule has 0 aromatic carbocycles. The molecule has 0 spiro atoms. The van der Waals surface area contributed by atoms with Crippen molar-refractivity contribution in [1.29, 1.82) is 0 Å². The summed E-state index contributed by atoms with van der Waals surface area (Å²) in [5.74, 6) is -1.28. The van der Waals surface area contributed by atoms with Gasteiger partial charge in [0.25, 0.3) is 0 Å². The fourth-order valence-corrected chi connectivity index (χ4v) is 9.07. The van der Waals surface area contributed by atoms with Crippen LogP contribution in [-0.2, 0) is 22.5 Å². The molecule has 2 aromatic heterocycles. The number of carbonyl (C=O) groups is 2. The van der Waals surface area contributed by atoms with E-state index in [4.69, 9.17) is 4.74 Å². The smallest absolute Gasteiger partial charge is 0.355 e. The van der Waals surface area contributed by atoms with Crippen LogP contribution < -0.4 is 5.32 Å². The molecule has 200 valence electrons. The molecule has 4 fully saturated rings. The largest absolute Gasteiger partial charge is 0.476 e. The Morgan fingerprint density at radius 3 is 2.38 bits per heavy atom. The van der Waals surface area contributed by atoms with Gasteiger partial charge < -0.3 is 19.7 Å². The molecule has 4 saturated carbocycles. The van der Waals surface area contributed by atoms with Crippen LogP contribution in [0.15, 0.2) is 24.4 Å². The molecular formula is C30H41N3O4. The van der Waals surface area contributed by atoms with Crippen LogP contribution in [0.2, 0.25) is 0 Å². The molecule has 4 bridgehead atoms. The Labute approximate surface area is 220 Å². The second-order valence-electron chi connectivity index (χ2n) is 13.0. The number of amides is 1. The van der Waals surface area contributed by atoms with Gasteiger partial charge in [0.1, 0.15) is 0 Å². The highest BCUT2D eigenvalue weighted by atomic mass is 16.5. The molecule has 0 aliphatic heterocycles. The molecule has 2 atom stereocenters. The first-order chi connectivity index (χ1) is 17.4. The minimum absolute atomic E-state index is 0.0102. The van der Waals surface area contributed by atoms with E-state index in [9.17, 15) is 14.7 Å². The number of carboxylic acid groups (broad SMARTS) is 1. The molecule has 2 heterocycles. The van der Waals surface area contributed by atoms with Crippen molar-refractivity contribution in [3.8, 4) is 11.1 Å². The first-order valence-corrected chi connectivity index (χ1v) is 13.7. The van der Waals surface area contributed by atoms with Crippen LogP contribution in [0.1, 0.15) is 87.6 Å². The second kappa shape index (κ2) is 8.97. The highest BCUT2D eigenvalue weighted by Crippen LogP contribution is 2.72. The van der Waals surface area contributed by atoms with Gasteiger partial charge in [-0.1, -0.05) is 26.8 Å². The van der Waals surface area contributed by atoms with Gasteiger partial charge in [-0.25, -0.2) is 9.78 Å². The number of nitrogens with zero attached hydrogens (tertiary/aromatic N) is 2. The molecule has 37 heavy (non-hydrogen) atoms. The fraction of sp³-hybridized carbons (Fsp3) is 0.633. The molecule has 2 unspecified atom stereocenters. The van der Waals surface area contributed by atoms with Crippen LogP contribution in [0.3, 0.4) is 0 Å². The molecular weight excluding hydrogens is 466 g/mol. The van der Waals surface area contributed by atoms with Crippen LogP contribution in [0, 0.1) is 23.2 Å². The van der Waals surface area contributed by atoms with Gasteiger partial charge in [-0.15, -0.1) is 0 Å². The average molecular weight is 508 g/mol. The van der Waals surface area contributed by atoms with Gasteiger partial charge >= 0.3 is 5.97 Å². The highest BCUT2D eigenvalue weighted by Gasteiger charge is 2.66. The van der Waals surface area contributed by atoms with Crippen molar-refractivity contribution in [2.75, 3.05) is 13.7 Å². The number of pyridine rings is 1. The molecule has 6 rings (SSSR count). The number of aromatic nitrogens is 2. The fourth-order valence-electron chi connectivity index (χ4n) is 9.07. The predicted molar refractivity (Wildman–Crippen MR) is 142 cm³/mol. The standard InChI is InChI=1S/C30H41N3O4/c1-6-11-37-30-16-27(3)13-28(4,17-30)15-29(14-27,18-30)19-33-10-9-22(20(33)2)23-8-7-21(12-24(34)31-5)32-25(23)26(35)36/h7-10H,6,11-19H2,1-5H3,(H,31,34)(H,35,36). The van der Waals surface area contributed by atoms with E-state index < -0.39 is 5.97 Å². The third kappa shape index (κ3) is 4.71. The number of likely N-dealkylation sites (N-methyl/N-ethyl adjacent to an activating group) is 1. The van der Waals surface area contributed by atoms with Gasteiger partial charge in [0.05, 0.1) is 17.7 Å². The Bertz CT molecular complexity index is 1210. The molecule has 2 N–H and O–H groups in total. The number of carbonyl (C=O) groups excluding carboxylic acids is 1. The van der Waals surface area contributed by atoms with E-state index in [1.54, 1.807) is 19.2 Å². The highest BCUT2D eigenvalue weighted by molar-refractivity contribution is 5.94. The van der Waals surface area contributed by atoms with Crippen molar-refractivity contribution in [3.05, 3.63) is 41.5 Å². The number of hydrogen-bond acceptors (Lipinski definition) is 4. The third-order valence-corrected chi connectivity index (χ3v) is 9.08. The molecule has 4 aliphatic rings. The summed E-state index contributed by atoms with van der Waals surface area (Å²) in [5.41, 5.74) is 3.75. The minimum Gasteiger partial charge on any atom is -0.476 e. The normalized spacial score (nSPS) is 32.0. The van der Waals surface area contributed by atoms with E-state index in [0.29, 0.717) is 22.1 Å². The maximum absolute atomic E-state index is 12.1. The lowest BCUT2D eigenvalue weighted by Gasteiger charge is -2.69. The first kappa shape index (κ1) is 26.0. The number of carboxylic acids is 1. The SMILES string of the molecule is CCCOC12CC3(C)CC(C)(CC(Cn4ccc(-c5ccc(CC(=O)NC)nc5C(=O)O)c4C)(C3)C1)C2. The molecule has 1 amide bonds. The lowest BCUT2D eigenvalue weighted by molar-refractivity contribution is -0.247. The molecule has 2 aromatic rings. The van der Waals surface area contributed by atoms with Crippen LogP contribution in [0.5, 0.6) is 0 Å². The van der Waals surface area contributed by atoms with E-state index in [1.807, 2.05) is 6.07 Å². The van der Waals surface area contributed by atoms with Crippen LogP contribution in [0.25, 0.3) is 11.1 Å². The van der Waals surface area contributed by atoms with Gasteiger partial charge in [0.15, 0.2) is 5.69 Å². The summed E-state index contributed by atoms with van der Waals surface area (Å²) in [5, 5.41) is 12.5. The summed E-state index contributed by atoms with van der Waals surface area (Å²) in [4.78, 5) is 28.3. The quantitative estimate of drug-likeness (QED) is 0.475. The zero-order valence-electron chi connectivity index (χ0n) is 22.9. The van der Waals surface area contributed by atoms with Crippen LogP contribution >= 0.6 is 0 Å². The summed E-state index contributed by atoms with van der Waals surface area (Å²) in [6.45, 7) is 11.0. The zero-order valence-corrected chi connectivity index (χ0v) is 22.9. The molecule has 0 saturated heterocycles.